The molecule has 0 bridgehead atoms. The SMILES string of the molecule is COc1ccc(C2(CN)CC2)c(OC)c1F. The van der Waals surface area contributed by atoms with Gasteiger partial charge >= 0.3 is 0 Å². The molecule has 0 aliphatic heterocycles. The van der Waals surface area contributed by atoms with Crippen molar-refractivity contribution < 1.29 is 13.9 Å². The van der Waals surface area contributed by atoms with Crippen molar-refractivity contribution in [1.29, 1.82) is 0 Å². The Hall–Kier alpha value is -1.29. The highest BCUT2D eigenvalue weighted by molar-refractivity contribution is 5.49. The molecular formula is C12H16FNO2. The largest absolute Gasteiger partial charge is 0.494 e. The Kier molecular flexibility index (Phi) is 2.76. The molecule has 1 aliphatic carbocycles. The fourth-order valence-electron chi connectivity index (χ4n) is 2.05. The predicted octanol–water partition coefficient (Wildman–Crippen LogP) is 1.83. The minimum absolute atomic E-state index is 0.0849. The van der Waals surface area contributed by atoms with E-state index in [0.717, 1.165) is 18.4 Å². The molecule has 0 unspecified atom stereocenters. The Bertz CT molecular complexity index is 402. The lowest BCUT2D eigenvalue weighted by molar-refractivity contribution is 0.344. The Morgan fingerprint density at radius 1 is 1.31 bits per heavy atom. The summed E-state index contributed by atoms with van der Waals surface area (Å²) in [6.07, 6.45) is 1.98. The lowest BCUT2D eigenvalue weighted by atomic mass is 9.94. The predicted molar refractivity (Wildman–Crippen MR) is 59.5 cm³/mol. The highest BCUT2D eigenvalue weighted by atomic mass is 19.1. The summed E-state index contributed by atoms with van der Waals surface area (Å²) >= 11 is 0. The van der Waals surface area contributed by atoms with Crippen molar-refractivity contribution in [2.24, 2.45) is 5.73 Å². The van der Waals surface area contributed by atoms with E-state index >= 15 is 0 Å². The van der Waals surface area contributed by atoms with Crippen LogP contribution < -0.4 is 15.2 Å². The number of hydrogen-bond acceptors (Lipinski definition) is 3. The van der Waals surface area contributed by atoms with Gasteiger partial charge in [-0.1, -0.05) is 6.07 Å². The van der Waals surface area contributed by atoms with Crippen molar-refractivity contribution in [3.63, 3.8) is 0 Å². The van der Waals surface area contributed by atoms with Crippen LogP contribution in [0.15, 0.2) is 12.1 Å². The Labute approximate surface area is 94.3 Å². The van der Waals surface area contributed by atoms with Gasteiger partial charge in [-0.25, -0.2) is 0 Å². The third-order valence-corrected chi connectivity index (χ3v) is 3.30. The summed E-state index contributed by atoms with van der Waals surface area (Å²) in [5, 5.41) is 0. The first-order valence-electron chi connectivity index (χ1n) is 5.29. The number of hydrogen-bond donors (Lipinski definition) is 1. The molecule has 2 rings (SSSR count). The average Bonchev–Trinajstić information content (AvgIpc) is 3.09. The quantitative estimate of drug-likeness (QED) is 0.850. The number of halogens is 1. The van der Waals surface area contributed by atoms with Gasteiger partial charge < -0.3 is 15.2 Å². The fourth-order valence-corrected chi connectivity index (χ4v) is 2.05. The van der Waals surface area contributed by atoms with E-state index in [0.29, 0.717) is 6.54 Å². The molecule has 3 nitrogen and oxygen atoms in total. The van der Waals surface area contributed by atoms with Gasteiger partial charge in [0, 0.05) is 17.5 Å². The minimum atomic E-state index is -0.442. The van der Waals surface area contributed by atoms with Gasteiger partial charge in [0.05, 0.1) is 14.2 Å². The van der Waals surface area contributed by atoms with Crippen LogP contribution in [0.1, 0.15) is 18.4 Å². The molecule has 2 N–H and O–H groups in total. The Morgan fingerprint density at radius 3 is 2.44 bits per heavy atom. The number of rotatable bonds is 4. The van der Waals surface area contributed by atoms with Gasteiger partial charge in [0.2, 0.25) is 5.82 Å². The van der Waals surface area contributed by atoms with Crippen molar-refractivity contribution in [1.82, 2.24) is 0 Å². The molecule has 1 fully saturated rings. The van der Waals surface area contributed by atoms with Crippen molar-refractivity contribution in [2.45, 2.75) is 18.3 Å². The molecule has 0 radical (unpaired) electrons. The maximum Gasteiger partial charge on any atom is 0.207 e. The van der Waals surface area contributed by atoms with Gasteiger partial charge in [0.1, 0.15) is 0 Å². The zero-order chi connectivity index (χ0) is 11.8. The normalized spacial score (nSPS) is 17.0. The highest BCUT2D eigenvalue weighted by Gasteiger charge is 2.45. The summed E-state index contributed by atoms with van der Waals surface area (Å²) in [6, 6.07) is 3.48. The average molecular weight is 225 g/mol. The van der Waals surface area contributed by atoms with E-state index in [1.165, 1.54) is 14.2 Å². The zero-order valence-electron chi connectivity index (χ0n) is 9.55. The molecule has 88 valence electrons. The molecule has 0 saturated heterocycles. The van der Waals surface area contributed by atoms with E-state index in [4.69, 9.17) is 15.2 Å². The molecule has 1 saturated carbocycles. The summed E-state index contributed by atoms with van der Waals surface area (Å²) in [5.74, 6) is 0.0259. The van der Waals surface area contributed by atoms with Gasteiger partial charge in [-0.3, -0.25) is 0 Å². The lowest BCUT2D eigenvalue weighted by Crippen LogP contribution is -2.21. The maximum absolute atomic E-state index is 13.9. The van der Waals surface area contributed by atoms with E-state index in [-0.39, 0.29) is 16.9 Å². The van der Waals surface area contributed by atoms with Crippen molar-refractivity contribution in [2.75, 3.05) is 20.8 Å². The molecule has 1 aliphatic rings. The zero-order valence-corrected chi connectivity index (χ0v) is 9.55. The maximum atomic E-state index is 13.9. The summed E-state index contributed by atoms with van der Waals surface area (Å²) in [7, 11) is 2.90. The van der Waals surface area contributed by atoms with Crippen LogP contribution in [-0.4, -0.2) is 20.8 Å². The molecule has 0 spiro atoms. The topological polar surface area (TPSA) is 44.5 Å². The Morgan fingerprint density at radius 2 is 2.00 bits per heavy atom. The van der Waals surface area contributed by atoms with Crippen LogP contribution in [0.5, 0.6) is 11.5 Å². The van der Waals surface area contributed by atoms with Crippen LogP contribution in [0, 0.1) is 5.82 Å². The Balaban J connectivity index is 2.50. The van der Waals surface area contributed by atoms with Gasteiger partial charge in [-0.2, -0.15) is 4.39 Å². The summed E-state index contributed by atoms with van der Waals surface area (Å²) in [4.78, 5) is 0. The first-order valence-corrected chi connectivity index (χ1v) is 5.29. The molecule has 1 aromatic rings. The molecule has 1 aromatic carbocycles. The molecule has 0 amide bonds. The van der Waals surface area contributed by atoms with Crippen LogP contribution in [0.2, 0.25) is 0 Å². The first kappa shape index (κ1) is 11.2. The number of ether oxygens (including phenoxy) is 2. The van der Waals surface area contributed by atoms with Crippen molar-refractivity contribution in [3.8, 4) is 11.5 Å². The molecule has 4 heteroatoms. The van der Waals surface area contributed by atoms with E-state index in [1.807, 2.05) is 6.07 Å². The molecule has 0 atom stereocenters. The molecule has 16 heavy (non-hydrogen) atoms. The molecule has 0 heterocycles. The summed E-state index contributed by atoms with van der Waals surface area (Å²) in [6.45, 7) is 0.523. The van der Waals surface area contributed by atoms with E-state index < -0.39 is 5.82 Å². The van der Waals surface area contributed by atoms with Crippen LogP contribution in [0.4, 0.5) is 4.39 Å². The minimum Gasteiger partial charge on any atom is -0.494 e. The summed E-state index contributed by atoms with van der Waals surface area (Å²) < 4.78 is 24.0. The third-order valence-electron chi connectivity index (χ3n) is 3.30. The smallest absolute Gasteiger partial charge is 0.207 e. The van der Waals surface area contributed by atoms with Gasteiger partial charge in [-0.05, 0) is 18.9 Å². The standard InChI is InChI=1S/C12H16FNO2/c1-15-9-4-3-8(11(16-2)10(9)13)12(7-14)5-6-12/h3-4H,5-7,14H2,1-2H3. The summed E-state index contributed by atoms with van der Waals surface area (Å²) in [5.41, 5.74) is 6.51. The van der Waals surface area contributed by atoms with Gasteiger partial charge in [0.25, 0.3) is 0 Å². The van der Waals surface area contributed by atoms with Crippen LogP contribution in [0.3, 0.4) is 0 Å². The van der Waals surface area contributed by atoms with Gasteiger partial charge in [-0.15, -0.1) is 0 Å². The lowest BCUT2D eigenvalue weighted by Gasteiger charge is -2.18. The van der Waals surface area contributed by atoms with Crippen molar-refractivity contribution >= 4 is 0 Å². The number of nitrogens with two attached hydrogens (primary N) is 1. The van der Waals surface area contributed by atoms with E-state index in [1.54, 1.807) is 6.07 Å². The van der Waals surface area contributed by atoms with E-state index in [2.05, 4.69) is 0 Å². The molecular weight excluding hydrogens is 209 g/mol. The third kappa shape index (κ3) is 1.53. The molecule has 0 aromatic heterocycles. The first-order chi connectivity index (χ1) is 7.68. The van der Waals surface area contributed by atoms with E-state index in [9.17, 15) is 4.39 Å². The van der Waals surface area contributed by atoms with Crippen LogP contribution >= 0.6 is 0 Å². The van der Waals surface area contributed by atoms with Gasteiger partial charge in [0.15, 0.2) is 11.5 Å². The second-order valence-corrected chi connectivity index (χ2v) is 4.15. The fraction of sp³-hybridized carbons (Fsp3) is 0.500. The van der Waals surface area contributed by atoms with Crippen LogP contribution in [-0.2, 0) is 5.41 Å². The monoisotopic (exact) mass is 225 g/mol. The second kappa shape index (κ2) is 3.94. The number of benzene rings is 1. The van der Waals surface area contributed by atoms with Crippen LogP contribution in [0.25, 0.3) is 0 Å². The highest BCUT2D eigenvalue weighted by Crippen LogP contribution is 2.51. The van der Waals surface area contributed by atoms with Crippen molar-refractivity contribution in [3.05, 3.63) is 23.5 Å². The number of methoxy groups -OCH3 is 2. The second-order valence-electron chi connectivity index (χ2n) is 4.15.